The van der Waals surface area contributed by atoms with Gasteiger partial charge in [0.15, 0.2) is 11.0 Å². The molecule has 1 aromatic carbocycles. The van der Waals surface area contributed by atoms with Crippen LogP contribution in [0.25, 0.3) is 16.4 Å². The van der Waals surface area contributed by atoms with E-state index in [1.165, 1.54) is 18.4 Å². The predicted molar refractivity (Wildman–Crippen MR) is 99.9 cm³/mol. The number of imidazole rings is 1. The van der Waals surface area contributed by atoms with Crippen molar-refractivity contribution in [2.45, 2.75) is 32.3 Å². The topological polar surface area (TPSA) is 43.2 Å². The van der Waals surface area contributed by atoms with E-state index in [-0.39, 0.29) is 6.10 Å². The normalized spacial score (nSPS) is 19.2. The second-order valence-corrected chi connectivity index (χ2v) is 7.76. The summed E-state index contributed by atoms with van der Waals surface area (Å²) >= 11 is 1.73. The Bertz CT molecular complexity index is 910. The number of hydrogen-bond acceptors (Lipinski definition) is 5. The van der Waals surface area contributed by atoms with E-state index in [1.54, 1.807) is 11.3 Å². The van der Waals surface area contributed by atoms with Gasteiger partial charge in [0.25, 0.3) is 0 Å². The van der Waals surface area contributed by atoms with Crippen molar-refractivity contribution in [3.8, 4) is 22.1 Å². The van der Waals surface area contributed by atoms with Crippen molar-refractivity contribution < 1.29 is 4.74 Å². The third kappa shape index (κ3) is 2.61. The van der Waals surface area contributed by atoms with Gasteiger partial charge in [0.2, 0.25) is 0 Å². The zero-order valence-corrected chi connectivity index (χ0v) is 15.0. The van der Waals surface area contributed by atoms with Crippen LogP contribution in [0.2, 0.25) is 0 Å². The number of ether oxygens (including phenoxy) is 1. The van der Waals surface area contributed by atoms with Gasteiger partial charge in [-0.2, -0.15) is 0 Å². The monoisotopic (exact) mass is 352 g/mol. The van der Waals surface area contributed by atoms with Crippen LogP contribution >= 0.6 is 11.3 Å². The number of aromatic nitrogens is 3. The standard InChI is InChI=1S/C19H20N4OS/c1-13-10-14-11-15(4-5-16(14)24-13)23-9-6-20-18(23)17-12-21-19(25-17)22-7-2-3-8-22/h4-6,9,11-13H,2-3,7-8,10H2,1H3. The molecule has 2 aromatic heterocycles. The van der Waals surface area contributed by atoms with E-state index in [2.05, 4.69) is 44.6 Å². The van der Waals surface area contributed by atoms with Crippen molar-refractivity contribution in [2.75, 3.05) is 18.0 Å². The first-order valence-corrected chi connectivity index (χ1v) is 9.64. The van der Waals surface area contributed by atoms with Crippen molar-refractivity contribution in [1.29, 1.82) is 0 Å². The Morgan fingerprint density at radius 1 is 1.20 bits per heavy atom. The summed E-state index contributed by atoms with van der Waals surface area (Å²) in [5, 5.41) is 1.11. The number of fused-ring (bicyclic) bond motifs is 1. The maximum absolute atomic E-state index is 5.82. The second-order valence-electron chi connectivity index (χ2n) is 6.75. The molecule has 6 heteroatoms. The van der Waals surface area contributed by atoms with E-state index in [9.17, 15) is 0 Å². The third-order valence-electron chi connectivity index (χ3n) is 4.89. The van der Waals surface area contributed by atoms with Gasteiger partial charge in [0.1, 0.15) is 11.9 Å². The quantitative estimate of drug-likeness (QED) is 0.717. The summed E-state index contributed by atoms with van der Waals surface area (Å²) in [6.45, 7) is 4.34. The molecule has 0 N–H and O–H groups in total. The summed E-state index contributed by atoms with van der Waals surface area (Å²) in [4.78, 5) is 12.7. The highest BCUT2D eigenvalue weighted by Gasteiger charge is 2.21. The van der Waals surface area contributed by atoms with Crippen LogP contribution in [0.3, 0.4) is 0 Å². The van der Waals surface area contributed by atoms with Crippen LogP contribution in [0.15, 0.2) is 36.8 Å². The molecule has 128 valence electrons. The maximum atomic E-state index is 5.82. The van der Waals surface area contributed by atoms with Crippen molar-refractivity contribution in [1.82, 2.24) is 14.5 Å². The number of benzene rings is 1. The van der Waals surface area contributed by atoms with Gasteiger partial charge in [0.05, 0.1) is 11.1 Å². The summed E-state index contributed by atoms with van der Waals surface area (Å²) in [5.41, 5.74) is 2.40. The highest BCUT2D eigenvalue weighted by atomic mass is 32.1. The molecule has 0 spiro atoms. The molecule has 1 saturated heterocycles. The Labute approximate surface area is 150 Å². The molecule has 2 aliphatic rings. The summed E-state index contributed by atoms with van der Waals surface area (Å²) < 4.78 is 7.96. The van der Waals surface area contributed by atoms with Gasteiger partial charge in [-0.15, -0.1) is 0 Å². The minimum absolute atomic E-state index is 0.261. The molecule has 1 atom stereocenters. The molecule has 2 aliphatic heterocycles. The first-order valence-electron chi connectivity index (χ1n) is 8.82. The molecular weight excluding hydrogens is 332 g/mol. The molecule has 0 aliphatic carbocycles. The van der Waals surface area contributed by atoms with Gasteiger partial charge in [-0.3, -0.25) is 4.57 Å². The fourth-order valence-corrected chi connectivity index (χ4v) is 4.64. The molecule has 0 radical (unpaired) electrons. The van der Waals surface area contributed by atoms with Crippen molar-refractivity contribution >= 4 is 16.5 Å². The minimum atomic E-state index is 0.261. The fourth-order valence-electron chi connectivity index (χ4n) is 3.68. The minimum Gasteiger partial charge on any atom is -0.490 e. The number of hydrogen-bond donors (Lipinski definition) is 0. The Morgan fingerprint density at radius 3 is 2.96 bits per heavy atom. The van der Waals surface area contributed by atoms with Gasteiger partial charge in [0, 0.05) is 37.6 Å². The molecule has 4 heterocycles. The van der Waals surface area contributed by atoms with Crippen molar-refractivity contribution in [2.24, 2.45) is 0 Å². The summed E-state index contributed by atoms with van der Waals surface area (Å²) in [6.07, 6.45) is 9.58. The molecular formula is C19H20N4OS. The molecule has 0 saturated carbocycles. The third-order valence-corrected chi connectivity index (χ3v) is 5.94. The summed E-state index contributed by atoms with van der Waals surface area (Å²) in [7, 11) is 0. The second kappa shape index (κ2) is 5.88. The highest BCUT2D eigenvalue weighted by molar-refractivity contribution is 7.18. The Hall–Kier alpha value is -2.34. The molecule has 5 nitrogen and oxygen atoms in total. The zero-order chi connectivity index (χ0) is 16.8. The first-order chi connectivity index (χ1) is 12.3. The molecule has 3 aromatic rings. The van der Waals surface area contributed by atoms with E-state index >= 15 is 0 Å². The SMILES string of the molecule is CC1Cc2cc(-n3ccnc3-c3cnc(N4CCCC4)s3)ccc2O1. The number of anilines is 1. The molecule has 25 heavy (non-hydrogen) atoms. The largest absolute Gasteiger partial charge is 0.490 e. The molecule has 0 bridgehead atoms. The molecule has 1 fully saturated rings. The average Bonchev–Trinajstić information content (AvgIpc) is 3.36. The van der Waals surface area contributed by atoms with Gasteiger partial charge in [-0.25, -0.2) is 9.97 Å². The van der Waals surface area contributed by atoms with E-state index in [0.29, 0.717) is 0 Å². The average molecular weight is 352 g/mol. The van der Waals surface area contributed by atoms with Gasteiger partial charge in [-0.05, 0) is 43.5 Å². The van der Waals surface area contributed by atoms with Crippen LogP contribution in [0.4, 0.5) is 5.13 Å². The number of nitrogens with zero attached hydrogens (tertiary/aromatic N) is 4. The van der Waals surface area contributed by atoms with E-state index in [4.69, 9.17) is 4.74 Å². The maximum Gasteiger partial charge on any atom is 0.185 e. The lowest BCUT2D eigenvalue weighted by atomic mass is 10.1. The number of rotatable bonds is 3. The lowest BCUT2D eigenvalue weighted by Gasteiger charge is -2.12. The van der Waals surface area contributed by atoms with Crippen molar-refractivity contribution in [3.05, 3.63) is 42.4 Å². The summed E-state index contributed by atoms with van der Waals surface area (Å²) in [6, 6.07) is 6.39. The van der Waals surface area contributed by atoms with Crippen LogP contribution in [0, 0.1) is 0 Å². The van der Waals surface area contributed by atoms with Gasteiger partial charge in [-0.1, -0.05) is 11.3 Å². The Balaban J connectivity index is 1.49. The van der Waals surface area contributed by atoms with Crippen LogP contribution in [0.1, 0.15) is 25.3 Å². The van der Waals surface area contributed by atoms with Crippen LogP contribution in [-0.2, 0) is 6.42 Å². The highest BCUT2D eigenvalue weighted by Crippen LogP contribution is 2.35. The van der Waals surface area contributed by atoms with Crippen molar-refractivity contribution in [3.63, 3.8) is 0 Å². The summed E-state index contributed by atoms with van der Waals surface area (Å²) in [5.74, 6) is 1.96. The number of thiazole rings is 1. The van der Waals surface area contributed by atoms with E-state index in [0.717, 1.165) is 46.8 Å². The smallest absolute Gasteiger partial charge is 0.185 e. The van der Waals surface area contributed by atoms with Crippen LogP contribution < -0.4 is 9.64 Å². The lowest BCUT2D eigenvalue weighted by Crippen LogP contribution is -2.16. The van der Waals surface area contributed by atoms with Crippen LogP contribution in [-0.4, -0.2) is 33.7 Å². The molecule has 0 amide bonds. The van der Waals surface area contributed by atoms with E-state index < -0.39 is 0 Å². The van der Waals surface area contributed by atoms with Gasteiger partial charge < -0.3 is 9.64 Å². The molecule has 5 rings (SSSR count). The van der Waals surface area contributed by atoms with Crippen LogP contribution in [0.5, 0.6) is 5.75 Å². The molecule has 1 unspecified atom stereocenters. The lowest BCUT2D eigenvalue weighted by molar-refractivity contribution is 0.254. The van der Waals surface area contributed by atoms with Gasteiger partial charge >= 0.3 is 0 Å². The van der Waals surface area contributed by atoms with E-state index in [1.807, 2.05) is 18.6 Å². The predicted octanol–water partition coefficient (Wildman–Crippen LogP) is 3.92. The fraction of sp³-hybridized carbons (Fsp3) is 0.368. The Kier molecular flexibility index (Phi) is 3.52. The first kappa shape index (κ1) is 15.0. The Morgan fingerprint density at radius 2 is 2.08 bits per heavy atom. The zero-order valence-electron chi connectivity index (χ0n) is 14.2.